The molecule has 0 radical (unpaired) electrons. The summed E-state index contributed by atoms with van der Waals surface area (Å²) >= 11 is 5.64. The molecule has 4 heteroatoms. The number of hydrogen-bond donors (Lipinski definition) is 0. The van der Waals surface area contributed by atoms with E-state index in [0.717, 1.165) is 5.56 Å². The van der Waals surface area contributed by atoms with Crippen molar-refractivity contribution >= 4 is 11.6 Å². The fourth-order valence-corrected chi connectivity index (χ4v) is 1.71. The molecule has 1 atom stereocenters. The Morgan fingerprint density at radius 1 is 1.31 bits per heavy atom. The molecular formula is C12H11ClN2O. The van der Waals surface area contributed by atoms with E-state index in [0.29, 0.717) is 0 Å². The van der Waals surface area contributed by atoms with Gasteiger partial charge in [0.1, 0.15) is 5.15 Å². The highest BCUT2D eigenvalue weighted by Crippen LogP contribution is 2.15. The van der Waals surface area contributed by atoms with Gasteiger partial charge in [-0.25, -0.2) is 4.98 Å². The highest BCUT2D eigenvalue weighted by atomic mass is 35.5. The van der Waals surface area contributed by atoms with Gasteiger partial charge in [-0.05, 0) is 12.5 Å². The van der Waals surface area contributed by atoms with Gasteiger partial charge in [0, 0.05) is 6.07 Å². The lowest BCUT2D eigenvalue weighted by Crippen LogP contribution is -2.23. The molecule has 0 N–H and O–H groups in total. The van der Waals surface area contributed by atoms with Gasteiger partial charge in [0.05, 0.1) is 12.4 Å². The molecule has 0 spiro atoms. The number of hydrogen-bond acceptors (Lipinski definition) is 2. The van der Waals surface area contributed by atoms with E-state index in [9.17, 15) is 4.79 Å². The van der Waals surface area contributed by atoms with Crippen molar-refractivity contribution in [1.29, 1.82) is 0 Å². The SMILES string of the molecule is CC(c1ccccc1)n1cnc(Cl)cc1=O. The van der Waals surface area contributed by atoms with Gasteiger partial charge in [0.2, 0.25) is 0 Å². The second-order valence-corrected chi connectivity index (χ2v) is 3.93. The molecule has 82 valence electrons. The second-order valence-electron chi connectivity index (χ2n) is 3.54. The van der Waals surface area contributed by atoms with Gasteiger partial charge in [-0.2, -0.15) is 0 Å². The number of rotatable bonds is 2. The molecule has 2 aromatic rings. The summed E-state index contributed by atoms with van der Waals surface area (Å²) in [5, 5.41) is 0.224. The van der Waals surface area contributed by atoms with Crippen molar-refractivity contribution in [2.45, 2.75) is 13.0 Å². The highest BCUT2D eigenvalue weighted by molar-refractivity contribution is 6.29. The van der Waals surface area contributed by atoms with Crippen LogP contribution in [0.2, 0.25) is 5.15 Å². The maximum atomic E-state index is 11.7. The first kappa shape index (κ1) is 10.9. The summed E-state index contributed by atoms with van der Waals surface area (Å²) in [6.07, 6.45) is 1.47. The largest absolute Gasteiger partial charge is 0.292 e. The van der Waals surface area contributed by atoms with E-state index < -0.39 is 0 Å². The molecule has 0 fully saturated rings. The van der Waals surface area contributed by atoms with Crippen molar-refractivity contribution in [3.63, 3.8) is 0 Å². The van der Waals surface area contributed by atoms with Crippen LogP contribution in [-0.4, -0.2) is 9.55 Å². The van der Waals surface area contributed by atoms with Crippen LogP contribution in [0.3, 0.4) is 0 Å². The normalized spacial score (nSPS) is 12.4. The van der Waals surface area contributed by atoms with Gasteiger partial charge in [-0.1, -0.05) is 41.9 Å². The standard InChI is InChI=1S/C12H11ClN2O/c1-9(10-5-3-2-4-6-10)15-8-14-11(13)7-12(15)16/h2-9H,1H3. The second kappa shape index (κ2) is 4.49. The summed E-state index contributed by atoms with van der Waals surface area (Å²) in [5.74, 6) is 0. The number of nitrogens with zero attached hydrogens (tertiary/aromatic N) is 2. The lowest BCUT2D eigenvalue weighted by atomic mass is 10.1. The van der Waals surface area contributed by atoms with E-state index in [1.807, 2.05) is 37.3 Å². The zero-order chi connectivity index (χ0) is 11.5. The minimum Gasteiger partial charge on any atom is -0.292 e. The van der Waals surface area contributed by atoms with Gasteiger partial charge in [0.25, 0.3) is 5.56 Å². The summed E-state index contributed by atoms with van der Waals surface area (Å²) < 4.78 is 1.56. The Balaban J connectivity index is 2.42. The molecule has 0 amide bonds. The molecule has 0 saturated carbocycles. The molecule has 0 saturated heterocycles. The number of aromatic nitrogens is 2. The first-order valence-corrected chi connectivity index (χ1v) is 5.35. The molecule has 1 aromatic heterocycles. The van der Waals surface area contributed by atoms with Crippen molar-refractivity contribution in [3.05, 3.63) is 63.8 Å². The molecular weight excluding hydrogens is 224 g/mol. The molecule has 3 nitrogen and oxygen atoms in total. The Kier molecular flexibility index (Phi) is 3.06. The van der Waals surface area contributed by atoms with E-state index in [1.165, 1.54) is 12.4 Å². The quantitative estimate of drug-likeness (QED) is 0.749. The Bertz CT molecular complexity index is 536. The molecule has 1 aromatic carbocycles. The van der Waals surface area contributed by atoms with Crippen LogP contribution < -0.4 is 5.56 Å². The van der Waals surface area contributed by atoms with Crippen LogP contribution in [0.25, 0.3) is 0 Å². The minimum atomic E-state index is -0.142. The number of benzene rings is 1. The van der Waals surface area contributed by atoms with E-state index in [2.05, 4.69) is 4.98 Å². The summed E-state index contributed by atoms with van der Waals surface area (Å²) in [6.45, 7) is 1.95. The maximum Gasteiger partial charge on any atom is 0.255 e. The smallest absolute Gasteiger partial charge is 0.255 e. The van der Waals surface area contributed by atoms with Crippen LogP contribution in [0, 0.1) is 0 Å². The third kappa shape index (κ3) is 2.14. The predicted octanol–water partition coefficient (Wildman–Crippen LogP) is 2.51. The predicted molar refractivity (Wildman–Crippen MR) is 63.8 cm³/mol. The van der Waals surface area contributed by atoms with Crippen LogP contribution in [-0.2, 0) is 0 Å². The molecule has 1 unspecified atom stereocenters. The van der Waals surface area contributed by atoms with Crippen molar-refractivity contribution in [3.8, 4) is 0 Å². The molecule has 16 heavy (non-hydrogen) atoms. The van der Waals surface area contributed by atoms with Crippen LogP contribution in [0.15, 0.2) is 47.5 Å². The van der Waals surface area contributed by atoms with E-state index in [-0.39, 0.29) is 16.8 Å². The molecule has 0 aliphatic carbocycles. The minimum absolute atomic E-state index is 0.0431. The van der Waals surface area contributed by atoms with Crippen LogP contribution in [0.4, 0.5) is 0 Å². The lowest BCUT2D eigenvalue weighted by molar-refractivity contribution is 0.602. The van der Waals surface area contributed by atoms with Crippen molar-refractivity contribution < 1.29 is 0 Å². The van der Waals surface area contributed by atoms with Crippen LogP contribution in [0.5, 0.6) is 0 Å². The lowest BCUT2D eigenvalue weighted by Gasteiger charge is -2.14. The van der Waals surface area contributed by atoms with Crippen molar-refractivity contribution in [2.75, 3.05) is 0 Å². The Hall–Kier alpha value is -1.61. The van der Waals surface area contributed by atoms with E-state index in [4.69, 9.17) is 11.6 Å². The monoisotopic (exact) mass is 234 g/mol. The first-order chi connectivity index (χ1) is 7.68. The Morgan fingerprint density at radius 3 is 2.62 bits per heavy atom. The van der Waals surface area contributed by atoms with Crippen molar-refractivity contribution in [2.24, 2.45) is 0 Å². The van der Waals surface area contributed by atoms with Crippen LogP contribution in [0.1, 0.15) is 18.5 Å². The molecule has 0 aliphatic rings. The third-order valence-corrected chi connectivity index (χ3v) is 2.71. The van der Waals surface area contributed by atoms with Gasteiger partial charge >= 0.3 is 0 Å². The summed E-state index contributed by atoms with van der Waals surface area (Å²) in [6, 6.07) is 11.1. The Morgan fingerprint density at radius 2 is 2.00 bits per heavy atom. The zero-order valence-corrected chi connectivity index (χ0v) is 9.56. The number of halogens is 1. The zero-order valence-electron chi connectivity index (χ0n) is 8.80. The van der Waals surface area contributed by atoms with Gasteiger partial charge in [-0.15, -0.1) is 0 Å². The summed E-state index contributed by atoms with van der Waals surface area (Å²) in [4.78, 5) is 15.6. The first-order valence-electron chi connectivity index (χ1n) is 4.97. The van der Waals surface area contributed by atoms with Gasteiger partial charge in [-0.3, -0.25) is 9.36 Å². The topological polar surface area (TPSA) is 34.9 Å². The van der Waals surface area contributed by atoms with Gasteiger partial charge in [0.15, 0.2) is 0 Å². The maximum absolute atomic E-state index is 11.7. The van der Waals surface area contributed by atoms with Crippen LogP contribution >= 0.6 is 11.6 Å². The van der Waals surface area contributed by atoms with E-state index >= 15 is 0 Å². The van der Waals surface area contributed by atoms with E-state index in [1.54, 1.807) is 4.57 Å². The van der Waals surface area contributed by atoms with Gasteiger partial charge < -0.3 is 0 Å². The summed E-state index contributed by atoms with van der Waals surface area (Å²) in [7, 11) is 0. The Labute approximate surface area is 98.3 Å². The summed E-state index contributed by atoms with van der Waals surface area (Å²) in [5.41, 5.74) is 0.921. The molecule has 2 rings (SSSR count). The average Bonchev–Trinajstić information content (AvgIpc) is 2.29. The fraction of sp³-hybridized carbons (Fsp3) is 0.167. The fourth-order valence-electron chi connectivity index (χ4n) is 1.57. The average molecular weight is 235 g/mol. The highest BCUT2D eigenvalue weighted by Gasteiger charge is 2.08. The molecule has 0 bridgehead atoms. The third-order valence-electron chi connectivity index (χ3n) is 2.50. The van der Waals surface area contributed by atoms with Crippen molar-refractivity contribution in [1.82, 2.24) is 9.55 Å². The molecule has 1 heterocycles. The molecule has 0 aliphatic heterocycles.